The Kier molecular flexibility index (Phi) is 3.25. The molecule has 1 heterocycles. The van der Waals surface area contributed by atoms with Crippen LogP contribution in [0.5, 0.6) is 0 Å². The molecule has 1 radical (unpaired) electrons. The standard InChI is InChI=1S/C17H9FN.Ir/c18-13-6-8-14-12(9-13)10-19-17-15-4-2-1-3-11(15)5-7-16(14)17;/h1-3,5-10H;/q-1;. The topological polar surface area (TPSA) is 12.9 Å². The first-order valence-electron chi connectivity index (χ1n) is 6.10. The Morgan fingerprint density at radius 2 is 1.80 bits per heavy atom. The summed E-state index contributed by atoms with van der Waals surface area (Å²) >= 11 is 0. The van der Waals surface area contributed by atoms with Crippen LogP contribution < -0.4 is 0 Å². The minimum atomic E-state index is -0.235. The second kappa shape index (κ2) is 4.93. The van der Waals surface area contributed by atoms with E-state index < -0.39 is 0 Å². The van der Waals surface area contributed by atoms with Crippen molar-refractivity contribution in [2.45, 2.75) is 0 Å². The monoisotopic (exact) mass is 439 g/mol. The van der Waals surface area contributed by atoms with E-state index in [1.165, 1.54) is 12.1 Å². The van der Waals surface area contributed by atoms with E-state index in [-0.39, 0.29) is 25.9 Å². The molecule has 0 aliphatic rings. The van der Waals surface area contributed by atoms with Gasteiger partial charge in [-0.2, -0.15) is 0 Å². The molecule has 0 amide bonds. The van der Waals surface area contributed by atoms with Gasteiger partial charge in [-0.05, 0) is 28.4 Å². The minimum Gasteiger partial charge on any atom is -0.303 e. The van der Waals surface area contributed by atoms with Crippen molar-refractivity contribution < 1.29 is 24.5 Å². The van der Waals surface area contributed by atoms with Crippen LogP contribution >= 0.6 is 0 Å². The zero-order valence-corrected chi connectivity index (χ0v) is 12.7. The molecule has 4 aromatic rings. The summed E-state index contributed by atoms with van der Waals surface area (Å²) in [6.45, 7) is 0. The molecule has 0 fully saturated rings. The zero-order valence-electron chi connectivity index (χ0n) is 10.4. The number of halogens is 1. The molecular weight excluding hydrogens is 429 g/mol. The summed E-state index contributed by atoms with van der Waals surface area (Å²) in [5.41, 5.74) is 0.914. The fraction of sp³-hybridized carbons (Fsp3) is 0. The molecule has 0 saturated carbocycles. The average molecular weight is 438 g/mol. The maximum absolute atomic E-state index is 13.3. The molecule has 1 aromatic heterocycles. The first kappa shape index (κ1) is 13.2. The van der Waals surface area contributed by atoms with Crippen LogP contribution in [0.15, 0.2) is 54.7 Å². The van der Waals surface area contributed by atoms with Gasteiger partial charge in [-0.3, -0.25) is 0 Å². The van der Waals surface area contributed by atoms with E-state index in [0.29, 0.717) is 0 Å². The van der Waals surface area contributed by atoms with Crippen LogP contribution in [0.2, 0.25) is 0 Å². The predicted octanol–water partition coefficient (Wildman–Crippen LogP) is 4.48. The normalized spacial score (nSPS) is 10.8. The molecule has 0 spiro atoms. The van der Waals surface area contributed by atoms with Gasteiger partial charge in [0.05, 0.1) is 0 Å². The van der Waals surface area contributed by atoms with Crippen molar-refractivity contribution in [3.8, 4) is 0 Å². The van der Waals surface area contributed by atoms with Crippen LogP contribution in [0, 0.1) is 11.9 Å². The van der Waals surface area contributed by atoms with Crippen LogP contribution in [0.1, 0.15) is 0 Å². The van der Waals surface area contributed by atoms with Crippen LogP contribution in [-0.2, 0) is 20.1 Å². The van der Waals surface area contributed by atoms with Crippen molar-refractivity contribution in [1.29, 1.82) is 0 Å². The number of fused-ring (bicyclic) bond motifs is 5. The summed E-state index contributed by atoms with van der Waals surface area (Å²) in [7, 11) is 0. The summed E-state index contributed by atoms with van der Waals surface area (Å²) < 4.78 is 13.3. The van der Waals surface area contributed by atoms with E-state index in [1.54, 1.807) is 6.20 Å². The van der Waals surface area contributed by atoms with E-state index in [9.17, 15) is 4.39 Å². The van der Waals surface area contributed by atoms with Gasteiger partial charge >= 0.3 is 0 Å². The Morgan fingerprint density at radius 1 is 0.950 bits per heavy atom. The van der Waals surface area contributed by atoms with Gasteiger partial charge in [0.15, 0.2) is 0 Å². The van der Waals surface area contributed by atoms with Gasteiger partial charge < -0.3 is 4.98 Å². The van der Waals surface area contributed by atoms with Gasteiger partial charge in [0.2, 0.25) is 0 Å². The van der Waals surface area contributed by atoms with E-state index in [0.717, 1.165) is 32.4 Å². The van der Waals surface area contributed by atoms with Gasteiger partial charge in [0.25, 0.3) is 0 Å². The molecule has 0 saturated heterocycles. The second-order valence-electron chi connectivity index (χ2n) is 4.59. The SMILES string of the molecule is Fc1ccc2c(cnc3c4[c-]cccc4ccc23)c1.[Ir]. The average Bonchev–Trinajstić information content (AvgIpc) is 2.46. The number of hydrogen-bond donors (Lipinski definition) is 0. The molecule has 0 aliphatic carbocycles. The summed E-state index contributed by atoms with van der Waals surface area (Å²) in [4.78, 5) is 4.48. The predicted molar refractivity (Wildman–Crippen MR) is 75.5 cm³/mol. The number of benzene rings is 3. The first-order chi connectivity index (χ1) is 9.33. The third-order valence-corrected chi connectivity index (χ3v) is 3.45. The second-order valence-corrected chi connectivity index (χ2v) is 4.59. The van der Waals surface area contributed by atoms with Gasteiger partial charge in [0.1, 0.15) is 5.82 Å². The smallest absolute Gasteiger partial charge is 0.123 e. The molecule has 0 bridgehead atoms. The Morgan fingerprint density at radius 3 is 2.70 bits per heavy atom. The van der Waals surface area contributed by atoms with Crippen molar-refractivity contribution >= 4 is 32.4 Å². The molecule has 0 unspecified atom stereocenters. The molecule has 0 atom stereocenters. The summed E-state index contributed by atoms with van der Waals surface area (Å²) in [6, 6.07) is 18.0. The van der Waals surface area contributed by atoms with Gasteiger partial charge in [-0.25, -0.2) is 4.39 Å². The number of nitrogens with zero attached hydrogens (tertiary/aromatic N) is 1. The fourth-order valence-corrected chi connectivity index (χ4v) is 2.55. The third-order valence-electron chi connectivity index (χ3n) is 3.45. The quantitative estimate of drug-likeness (QED) is 0.292. The van der Waals surface area contributed by atoms with Gasteiger partial charge in [0, 0.05) is 31.7 Å². The van der Waals surface area contributed by atoms with Crippen LogP contribution in [-0.4, -0.2) is 4.98 Å². The molecule has 4 rings (SSSR count). The van der Waals surface area contributed by atoms with Gasteiger partial charge in [-0.1, -0.05) is 18.2 Å². The first-order valence-corrected chi connectivity index (χ1v) is 6.10. The maximum Gasteiger partial charge on any atom is 0.123 e. The van der Waals surface area contributed by atoms with Crippen LogP contribution in [0.25, 0.3) is 32.4 Å². The van der Waals surface area contributed by atoms with Crippen molar-refractivity contribution in [3.05, 3.63) is 66.6 Å². The van der Waals surface area contributed by atoms with Crippen LogP contribution in [0.3, 0.4) is 0 Å². The third kappa shape index (κ3) is 1.91. The molecule has 0 N–H and O–H groups in total. The minimum absolute atomic E-state index is 0. The molecule has 1 nitrogen and oxygen atoms in total. The zero-order chi connectivity index (χ0) is 12.8. The Bertz CT molecular complexity index is 934. The van der Waals surface area contributed by atoms with Crippen molar-refractivity contribution in [3.63, 3.8) is 0 Å². The molecule has 20 heavy (non-hydrogen) atoms. The Labute approximate surface area is 128 Å². The maximum atomic E-state index is 13.3. The van der Waals surface area contributed by atoms with E-state index in [2.05, 4.69) is 17.1 Å². The number of hydrogen-bond acceptors (Lipinski definition) is 1. The molecular formula is C17H9FIrN-. The fourth-order valence-electron chi connectivity index (χ4n) is 2.55. The molecule has 0 aliphatic heterocycles. The largest absolute Gasteiger partial charge is 0.303 e. The summed E-state index contributed by atoms with van der Waals surface area (Å²) in [6.07, 6.45) is 1.72. The van der Waals surface area contributed by atoms with Crippen molar-refractivity contribution in [2.75, 3.05) is 0 Å². The van der Waals surface area contributed by atoms with Gasteiger partial charge in [-0.15, -0.1) is 35.0 Å². The molecule has 99 valence electrons. The molecule has 3 aromatic carbocycles. The Balaban J connectivity index is 0.00000121. The summed E-state index contributed by atoms with van der Waals surface area (Å²) in [5.74, 6) is -0.235. The number of pyridine rings is 1. The number of aromatic nitrogens is 1. The Hall–Kier alpha value is -1.83. The van der Waals surface area contributed by atoms with E-state index >= 15 is 0 Å². The van der Waals surface area contributed by atoms with E-state index in [1.807, 2.05) is 30.3 Å². The van der Waals surface area contributed by atoms with E-state index in [4.69, 9.17) is 0 Å². The van der Waals surface area contributed by atoms with Crippen molar-refractivity contribution in [2.24, 2.45) is 0 Å². The van der Waals surface area contributed by atoms with Crippen molar-refractivity contribution in [1.82, 2.24) is 4.98 Å². The molecule has 3 heteroatoms. The summed E-state index contributed by atoms with van der Waals surface area (Å²) in [5, 5.41) is 5.00. The van der Waals surface area contributed by atoms with Crippen LogP contribution in [0.4, 0.5) is 4.39 Å². The number of rotatable bonds is 0.